The second kappa shape index (κ2) is 10.9. The summed E-state index contributed by atoms with van der Waals surface area (Å²) in [5.41, 5.74) is 2.98. The van der Waals surface area contributed by atoms with E-state index in [2.05, 4.69) is 27.7 Å². The van der Waals surface area contributed by atoms with Crippen molar-refractivity contribution in [1.29, 1.82) is 0 Å². The van der Waals surface area contributed by atoms with Crippen LogP contribution >= 0.6 is 0 Å². The number of benzene rings is 8. The standard InChI is InChI=1S/C50H40O/c1-49(2)26-27-50(3,4)44-29-33(24-25-43(44)49)37-19-11-13-35-30-45(51-48(35)37)47-40-17-9-7-15-38(40)46(39-16-8-10-18-41(39)47)34-23-22-32-21-20-31-12-5-6-14-36(31)42(32)28-34/h5-25,28-30H,26-27H2,1-4H3/i7D,8D,9D,10D,11D,13D,15D,16D,17D,18D,19D,30D. The SMILES string of the molecule is [2H]c1c([2H])c([2H])c2c([2H])c(-c3c4c([2H])c([2H])c([2H])c([2H])c4c(-c4ccc5ccc6ccccc6c5c4)c4c([2H])c([2H])c([2H])c([2H])c34)oc2c1-c1ccc2c(c1)C(C)(C)CCC2(C)C. The van der Waals surface area contributed by atoms with Crippen LogP contribution in [-0.4, -0.2) is 0 Å². The third-order valence-electron chi connectivity index (χ3n) is 11.1. The van der Waals surface area contributed by atoms with Crippen LogP contribution in [0.25, 0.3) is 87.6 Å². The van der Waals surface area contributed by atoms with Crippen LogP contribution in [0.4, 0.5) is 0 Å². The molecule has 8 aromatic carbocycles. The van der Waals surface area contributed by atoms with Gasteiger partial charge in [-0.1, -0.05) is 161 Å². The van der Waals surface area contributed by atoms with Gasteiger partial charge < -0.3 is 4.42 Å². The average Bonchev–Trinajstić information content (AvgIpc) is 3.61. The van der Waals surface area contributed by atoms with Crippen molar-refractivity contribution in [2.45, 2.75) is 51.4 Å². The minimum absolute atomic E-state index is 0.0406. The molecule has 0 saturated carbocycles. The molecule has 1 aromatic heterocycles. The number of furan rings is 1. The van der Waals surface area contributed by atoms with Crippen LogP contribution in [0.15, 0.2) is 150 Å². The van der Waals surface area contributed by atoms with Gasteiger partial charge in [0.05, 0.1) is 16.4 Å². The molecule has 0 spiro atoms. The summed E-state index contributed by atoms with van der Waals surface area (Å²) in [6, 6.07) is 17.3. The molecular weight excluding hydrogens is 617 g/mol. The Morgan fingerprint density at radius 1 is 0.510 bits per heavy atom. The van der Waals surface area contributed by atoms with E-state index < -0.39 is 66.5 Å². The van der Waals surface area contributed by atoms with E-state index in [-0.39, 0.29) is 71.8 Å². The van der Waals surface area contributed by atoms with E-state index >= 15 is 0 Å². The van der Waals surface area contributed by atoms with Gasteiger partial charge in [0.1, 0.15) is 11.3 Å². The van der Waals surface area contributed by atoms with Crippen molar-refractivity contribution in [3.05, 3.63) is 156 Å². The molecule has 9 aromatic rings. The van der Waals surface area contributed by atoms with Crippen LogP contribution in [0.1, 0.15) is 68.1 Å². The van der Waals surface area contributed by atoms with Gasteiger partial charge in [-0.2, -0.15) is 0 Å². The van der Waals surface area contributed by atoms with Gasteiger partial charge in [0.15, 0.2) is 0 Å². The van der Waals surface area contributed by atoms with E-state index in [1.165, 1.54) is 0 Å². The topological polar surface area (TPSA) is 13.1 Å². The lowest BCUT2D eigenvalue weighted by Crippen LogP contribution is -2.33. The Bertz CT molecular complexity index is 3470. The lowest BCUT2D eigenvalue weighted by atomic mass is 9.63. The molecule has 0 radical (unpaired) electrons. The van der Waals surface area contributed by atoms with Crippen molar-refractivity contribution in [1.82, 2.24) is 0 Å². The molecule has 10 rings (SSSR count). The molecule has 1 aliphatic rings. The Kier molecular flexibility index (Phi) is 4.34. The summed E-state index contributed by atoms with van der Waals surface area (Å²) in [5.74, 6) is -0.315. The van der Waals surface area contributed by atoms with Crippen molar-refractivity contribution >= 4 is 54.1 Å². The molecule has 1 heteroatoms. The molecule has 0 bridgehead atoms. The first-order chi connectivity index (χ1) is 29.8. The minimum Gasteiger partial charge on any atom is -0.455 e. The number of hydrogen-bond acceptors (Lipinski definition) is 1. The quantitative estimate of drug-likeness (QED) is 0.135. The van der Waals surface area contributed by atoms with E-state index in [1.807, 2.05) is 66.7 Å². The van der Waals surface area contributed by atoms with Crippen LogP contribution in [0.2, 0.25) is 0 Å². The first-order valence-corrected chi connectivity index (χ1v) is 17.3. The molecular formula is C50H40O. The molecule has 0 atom stereocenters. The zero-order valence-corrected chi connectivity index (χ0v) is 28.8. The van der Waals surface area contributed by atoms with Crippen molar-refractivity contribution in [2.75, 3.05) is 0 Å². The van der Waals surface area contributed by atoms with Gasteiger partial charge in [0.25, 0.3) is 0 Å². The molecule has 1 aliphatic carbocycles. The van der Waals surface area contributed by atoms with Crippen LogP contribution in [0, 0.1) is 0 Å². The predicted octanol–water partition coefficient (Wildman–Crippen LogP) is 14.4. The van der Waals surface area contributed by atoms with Gasteiger partial charge in [-0.25, -0.2) is 0 Å². The Morgan fingerprint density at radius 2 is 1.12 bits per heavy atom. The second-order valence-corrected chi connectivity index (χ2v) is 15.0. The summed E-state index contributed by atoms with van der Waals surface area (Å²) in [6.45, 7) is 8.73. The fourth-order valence-corrected chi connectivity index (χ4v) is 8.19. The summed E-state index contributed by atoms with van der Waals surface area (Å²) < 4.78 is 117. The van der Waals surface area contributed by atoms with Crippen LogP contribution < -0.4 is 0 Å². The molecule has 246 valence electrons. The maximum atomic E-state index is 9.72. The predicted molar refractivity (Wildman–Crippen MR) is 218 cm³/mol. The van der Waals surface area contributed by atoms with Crippen LogP contribution in [0.5, 0.6) is 0 Å². The molecule has 0 amide bonds. The summed E-state index contributed by atoms with van der Waals surface area (Å²) in [5, 5.41) is 3.14. The van der Waals surface area contributed by atoms with Crippen LogP contribution in [0.3, 0.4) is 0 Å². The molecule has 0 fully saturated rings. The lowest BCUT2D eigenvalue weighted by molar-refractivity contribution is 0.332. The van der Waals surface area contributed by atoms with Gasteiger partial charge in [-0.05, 0) is 107 Å². The van der Waals surface area contributed by atoms with E-state index in [1.54, 1.807) is 6.07 Å². The Morgan fingerprint density at radius 3 is 1.84 bits per heavy atom. The third kappa shape index (κ3) is 4.61. The highest BCUT2D eigenvalue weighted by Gasteiger charge is 2.37. The molecule has 1 nitrogen and oxygen atoms in total. The molecule has 0 unspecified atom stereocenters. The maximum Gasteiger partial charge on any atom is 0.142 e. The largest absolute Gasteiger partial charge is 0.455 e. The van der Waals surface area contributed by atoms with Crippen molar-refractivity contribution in [3.8, 4) is 33.6 Å². The lowest BCUT2D eigenvalue weighted by Gasteiger charge is -2.42. The highest BCUT2D eigenvalue weighted by atomic mass is 16.3. The normalized spacial score (nSPS) is 18.5. The monoisotopic (exact) mass is 668 g/mol. The van der Waals surface area contributed by atoms with Gasteiger partial charge in [-0.15, -0.1) is 0 Å². The van der Waals surface area contributed by atoms with Crippen LogP contribution in [-0.2, 0) is 10.8 Å². The Balaban J connectivity index is 1.39. The number of rotatable bonds is 3. The van der Waals surface area contributed by atoms with Gasteiger partial charge in [0.2, 0.25) is 0 Å². The van der Waals surface area contributed by atoms with E-state index in [0.29, 0.717) is 11.1 Å². The minimum atomic E-state index is -0.601. The summed E-state index contributed by atoms with van der Waals surface area (Å²) in [7, 11) is 0. The average molecular weight is 669 g/mol. The van der Waals surface area contributed by atoms with Gasteiger partial charge in [-0.3, -0.25) is 0 Å². The fraction of sp³-hybridized carbons (Fsp3) is 0.160. The fourth-order valence-electron chi connectivity index (χ4n) is 8.19. The Hall–Kier alpha value is -5.66. The van der Waals surface area contributed by atoms with Crippen molar-refractivity contribution in [2.24, 2.45) is 0 Å². The zero-order chi connectivity index (χ0) is 44.9. The van der Waals surface area contributed by atoms with E-state index in [0.717, 1.165) is 45.5 Å². The first kappa shape index (κ1) is 20.3. The van der Waals surface area contributed by atoms with Gasteiger partial charge >= 0.3 is 0 Å². The summed E-state index contributed by atoms with van der Waals surface area (Å²) in [6.07, 6.45) is 1.89. The second-order valence-electron chi connectivity index (χ2n) is 15.0. The highest BCUT2D eigenvalue weighted by molar-refractivity contribution is 6.22. The third-order valence-corrected chi connectivity index (χ3v) is 11.1. The summed E-state index contributed by atoms with van der Waals surface area (Å²) in [4.78, 5) is 0. The first-order valence-electron chi connectivity index (χ1n) is 23.3. The van der Waals surface area contributed by atoms with E-state index in [4.69, 9.17) is 12.6 Å². The smallest absolute Gasteiger partial charge is 0.142 e. The van der Waals surface area contributed by atoms with E-state index in [9.17, 15) is 8.22 Å². The zero-order valence-electron chi connectivity index (χ0n) is 40.8. The number of fused-ring (bicyclic) bond motifs is 7. The van der Waals surface area contributed by atoms with Crippen molar-refractivity contribution < 1.29 is 20.9 Å². The Labute approximate surface area is 316 Å². The number of para-hydroxylation sites is 1. The molecule has 51 heavy (non-hydrogen) atoms. The molecule has 0 N–H and O–H groups in total. The molecule has 0 aliphatic heterocycles. The van der Waals surface area contributed by atoms with Crippen molar-refractivity contribution in [3.63, 3.8) is 0 Å². The molecule has 1 heterocycles. The maximum absolute atomic E-state index is 9.72. The summed E-state index contributed by atoms with van der Waals surface area (Å²) >= 11 is 0. The molecule has 0 saturated heterocycles. The highest BCUT2D eigenvalue weighted by Crippen LogP contribution is 2.49. The van der Waals surface area contributed by atoms with Gasteiger partial charge in [0, 0.05) is 16.5 Å². The number of hydrogen-bond donors (Lipinski definition) is 0.